The second kappa shape index (κ2) is 8.09. The number of ether oxygens (including phenoxy) is 2. The van der Waals surface area contributed by atoms with E-state index in [9.17, 15) is 10.2 Å². The Morgan fingerprint density at radius 1 is 1.10 bits per heavy atom. The van der Waals surface area contributed by atoms with E-state index in [4.69, 9.17) is 9.47 Å². The maximum Gasteiger partial charge on any atom is 0.160 e. The summed E-state index contributed by atoms with van der Waals surface area (Å²) < 4.78 is 10.5. The van der Waals surface area contributed by atoms with Crippen LogP contribution in [0.4, 0.5) is 0 Å². The molecule has 5 heteroatoms. The average molecular weight is 283 g/mol. The largest absolute Gasteiger partial charge is 0.493 e. The van der Waals surface area contributed by atoms with Crippen LogP contribution in [-0.4, -0.2) is 50.7 Å². The molecule has 0 atom stereocenters. The number of hydrogen-bond acceptors (Lipinski definition) is 5. The highest BCUT2D eigenvalue weighted by Crippen LogP contribution is 2.27. The van der Waals surface area contributed by atoms with Gasteiger partial charge in [-0.2, -0.15) is 0 Å². The molecular formula is C15H25NO4. The molecule has 3 N–H and O–H groups in total. The standard InChI is InChI=1S/C15H25NO4/c1-15(10-17,11-18)9-16-7-6-12-4-5-13(19-2)14(8-12)20-3/h4-5,8,16-18H,6-7,9-11H2,1-3H3. The predicted octanol–water partition coefficient (Wildman–Crippen LogP) is 0.827. The lowest BCUT2D eigenvalue weighted by molar-refractivity contribution is 0.0700. The number of benzene rings is 1. The predicted molar refractivity (Wildman–Crippen MR) is 78.4 cm³/mol. The summed E-state index contributed by atoms with van der Waals surface area (Å²) in [5, 5.41) is 21.6. The van der Waals surface area contributed by atoms with E-state index in [2.05, 4.69) is 5.32 Å². The molecule has 0 aliphatic rings. The van der Waals surface area contributed by atoms with Crippen LogP contribution in [0.3, 0.4) is 0 Å². The van der Waals surface area contributed by atoms with Crippen molar-refractivity contribution in [3.05, 3.63) is 23.8 Å². The van der Waals surface area contributed by atoms with E-state index in [-0.39, 0.29) is 13.2 Å². The highest BCUT2D eigenvalue weighted by molar-refractivity contribution is 5.42. The highest BCUT2D eigenvalue weighted by Gasteiger charge is 2.21. The molecule has 20 heavy (non-hydrogen) atoms. The molecule has 1 rings (SSSR count). The number of hydrogen-bond donors (Lipinski definition) is 3. The molecule has 0 aromatic heterocycles. The van der Waals surface area contributed by atoms with Crippen LogP contribution in [0.25, 0.3) is 0 Å². The molecule has 114 valence electrons. The molecule has 1 aromatic rings. The summed E-state index contributed by atoms with van der Waals surface area (Å²) in [5.74, 6) is 1.44. The minimum absolute atomic E-state index is 0.0349. The van der Waals surface area contributed by atoms with E-state index < -0.39 is 5.41 Å². The van der Waals surface area contributed by atoms with Crippen molar-refractivity contribution in [2.75, 3.05) is 40.5 Å². The molecular weight excluding hydrogens is 258 g/mol. The van der Waals surface area contributed by atoms with Gasteiger partial charge in [-0.3, -0.25) is 0 Å². The third-order valence-electron chi connectivity index (χ3n) is 3.35. The number of aliphatic hydroxyl groups is 2. The van der Waals surface area contributed by atoms with Gasteiger partial charge in [0.15, 0.2) is 11.5 Å². The van der Waals surface area contributed by atoms with Crippen LogP contribution in [0.1, 0.15) is 12.5 Å². The van der Waals surface area contributed by atoms with Gasteiger partial charge < -0.3 is 25.0 Å². The van der Waals surface area contributed by atoms with E-state index in [1.807, 2.05) is 25.1 Å². The summed E-state index contributed by atoms with van der Waals surface area (Å²) in [6, 6.07) is 5.85. The zero-order chi connectivity index (χ0) is 15.0. The molecule has 0 fully saturated rings. The smallest absolute Gasteiger partial charge is 0.160 e. The van der Waals surface area contributed by atoms with Gasteiger partial charge in [0.25, 0.3) is 0 Å². The van der Waals surface area contributed by atoms with Gasteiger partial charge in [-0.1, -0.05) is 13.0 Å². The fourth-order valence-corrected chi connectivity index (χ4v) is 1.82. The number of nitrogens with one attached hydrogen (secondary N) is 1. The Morgan fingerprint density at radius 3 is 2.30 bits per heavy atom. The third-order valence-corrected chi connectivity index (χ3v) is 3.35. The van der Waals surface area contributed by atoms with Crippen LogP contribution in [0.2, 0.25) is 0 Å². The molecule has 0 amide bonds. The molecule has 0 aliphatic heterocycles. The lowest BCUT2D eigenvalue weighted by Gasteiger charge is -2.24. The Morgan fingerprint density at radius 2 is 1.75 bits per heavy atom. The highest BCUT2D eigenvalue weighted by atomic mass is 16.5. The van der Waals surface area contributed by atoms with Gasteiger partial charge >= 0.3 is 0 Å². The van der Waals surface area contributed by atoms with Gasteiger partial charge in [0.05, 0.1) is 27.4 Å². The van der Waals surface area contributed by atoms with Crippen molar-refractivity contribution >= 4 is 0 Å². The normalized spacial score (nSPS) is 11.4. The lowest BCUT2D eigenvalue weighted by atomic mass is 9.93. The lowest BCUT2D eigenvalue weighted by Crippen LogP contribution is -2.38. The summed E-state index contributed by atoms with van der Waals surface area (Å²) in [6.07, 6.45) is 0.841. The van der Waals surface area contributed by atoms with Crippen LogP contribution in [-0.2, 0) is 6.42 Å². The molecule has 0 spiro atoms. The second-order valence-corrected chi connectivity index (χ2v) is 5.24. The van der Waals surface area contributed by atoms with Gasteiger partial charge in [-0.15, -0.1) is 0 Å². The first-order valence-electron chi connectivity index (χ1n) is 6.72. The first-order valence-corrected chi connectivity index (χ1v) is 6.72. The van der Waals surface area contributed by atoms with E-state index in [1.54, 1.807) is 14.2 Å². The summed E-state index contributed by atoms with van der Waals surface area (Å²) in [7, 11) is 3.23. The molecule has 0 heterocycles. The first-order chi connectivity index (χ1) is 9.58. The van der Waals surface area contributed by atoms with Crippen molar-refractivity contribution in [1.82, 2.24) is 5.32 Å². The third kappa shape index (κ3) is 4.67. The summed E-state index contributed by atoms with van der Waals surface area (Å²) in [5.41, 5.74) is 0.669. The number of rotatable bonds is 9. The molecule has 1 aromatic carbocycles. The van der Waals surface area contributed by atoms with E-state index in [0.29, 0.717) is 6.54 Å². The monoisotopic (exact) mass is 283 g/mol. The Balaban J connectivity index is 2.46. The maximum absolute atomic E-state index is 9.20. The zero-order valence-corrected chi connectivity index (χ0v) is 12.5. The zero-order valence-electron chi connectivity index (χ0n) is 12.5. The molecule has 0 saturated carbocycles. The van der Waals surface area contributed by atoms with Gasteiger partial charge in [-0.05, 0) is 30.7 Å². The summed E-state index contributed by atoms with van der Waals surface area (Å²) in [6.45, 7) is 3.12. The van der Waals surface area contributed by atoms with Crippen molar-refractivity contribution in [2.24, 2.45) is 5.41 Å². The van der Waals surface area contributed by atoms with Crippen molar-refractivity contribution in [3.63, 3.8) is 0 Å². The van der Waals surface area contributed by atoms with Crippen LogP contribution < -0.4 is 14.8 Å². The van der Waals surface area contributed by atoms with E-state index in [0.717, 1.165) is 30.0 Å². The summed E-state index contributed by atoms with van der Waals surface area (Å²) in [4.78, 5) is 0. The van der Waals surface area contributed by atoms with Crippen LogP contribution >= 0.6 is 0 Å². The van der Waals surface area contributed by atoms with Crippen LogP contribution in [0.5, 0.6) is 11.5 Å². The molecule has 0 aliphatic carbocycles. The minimum Gasteiger partial charge on any atom is -0.493 e. The quantitative estimate of drug-likeness (QED) is 0.586. The Bertz CT molecular complexity index is 405. The van der Waals surface area contributed by atoms with Crippen LogP contribution in [0, 0.1) is 5.41 Å². The molecule has 0 unspecified atom stereocenters. The Kier molecular flexibility index (Phi) is 6.78. The van der Waals surface area contributed by atoms with E-state index >= 15 is 0 Å². The fraction of sp³-hybridized carbons (Fsp3) is 0.600. The topological polar surface area (TPSA) is 71.0 Å². The van der Waals surface area contributed by atoms with Crippen molar-refractivity contribution < 1.29 is 19.7 Å². The first kappa shape index (κ1) is 16.8. The Hall–Kier alpha value is -1.30. The van der Waals surface area contributed by atoms with Crippen molar-refractivity contribution in [1.29, 1.82) is 0 Å². The molecule has 5 nitrogen and oxygen atoms in total. The van der Waals surface area contributed by atoms with Gasteiger partial charge in [0.1, 0.15) is 0 Å². The van der Waals surface area contributed by atoms with Crippen molar-refractivity contribution in [3.8, 4) is 11.5 Å². The second-order valence-electron chi connectivity index (χ2n) is 5.24. The van der Waals surface area contributed by atoms with Gasteiger partial charge in [0.2, 0.25) is 0 Å². The molecule has 0 bridgehead atoms. The number of methoxy groups -OCH3 is 2. The van der Waals surface area contributed by atoms with Crippen molar-refractivity contribution in [2.45, 2.75) is 13.3 Å². The van der Waals surface area contributed by atoms with Crippen LogP contribution in [0.15, 0.2) is 18.2 Å². The molecule has 0 radical (unpaired) electrons. The summed E-state index contributed by atoms with van der Waals surface area (Å²) >= 11 is 0. The van der Waals surface area contributed by atoms with Gasteiger partial charge in [-0.25, -0.2) is 0 Å². The maximum atomic E-state index is 9.20. The Labute approximate surface area is 120 Å². The van der Waals surface area contributed by atoms with Gasteiger partial charge in [0, 0.05) is 12.0 Å². The van der Waals surface area contributed by atoms with E-state index in [1.165, 1.54) is 0 Å². The average Bonchev–Trinajstić information content (AvgIpc) is 2.51. The SMILES string of the molecule is COc1ccc(CCNCC(C)(CO)CO)cc1OC. The molecule has 0 saturated heterocycles. The fourth-order valence-electron chi connectivity index (χ4n) is 1.82. The minimum atomic E-state index is -0.475. The number of aliphatic hydroxyl groups excluding tert-OH is 2.